The van der Waals surface area contributed by atoms with Gasteiger partial charge < -0.3 is 0 Å². The molecule has 1 rings (SSSR count). The zero-order valence-corrected chi connectivity index (χ0v) is 4.75. The summed E-state index contributed by atoms with van der Waals surface area (Å²) in [4.78, 5) is 0. The predicted octanol–water partition coefficient (Wildman–Crippen LogP) is -4.06. The second-order valence-corrected chi connectivity index (χ2v) is 2.85. The van der Waals surface area contributed by atoms with Crippen molar-refractivity contribution in [3.63, 3.8) is 0 Å². The molecule has 0 aromatic rings. The van der Waals surface area contributed by atoms with Crippen LogP contribution in [0, 0.1) is 10.4 Å². The van der Waals surface area contributed by atoms with Gasteiger partial charge >= 0.3 is 44.5 Å². The Bertz CT molecular complexity index is 44.8. The number of nitrogens with zero attached hydrogens (tertiary/aromatic N) is 2. The molecular formula is HIN3O2-3. The third-order valence-corrected chi connectivity index (χ3v) is 1.51. The van der Waals surface area contributed by atoms with Gasteiger partial charge in [-0.3, -0.25) is 0 Å². The molecule has 0 spiro atoms. The van der Waals surface area contributed by atoms with Gasteiger partial charge in [0, 0.05) is 0 Å². The molecule has 6 heteroatoms. The number of hydrogen-bond acceptors (Lipinski definition) is 5. The molecule has 0 radical (unpaired) electrons. The Morgan fingerprint density at radius 1 is 1.33 bits per heavy atom. The summed E-state index contributed by atoms with van der Waals surface area (Å²) >= 11 is -0.890. The van der Waals surface area contributed by atoms with Gasteiger partial charge in [-0.25, -0.2) is 0 Å². The van der Waals surface area contributed by atoms with Crippen LogP contribution in [0.2, 0.25) is 0 Å². The first-order valence-corrected chi connectivity index (χ1v) is 3.08. The van der Waals surface area contributed by atoms with Crippen molar-refractivity contribution in [2.24, 2.45) is 0 Å². The zero-order valence-electron chi connectivity index (χ0n) is 2.59. The monoisotopic (exact) mass is 202 g/mol. The van der Waals surface area contributed by atoms with Crippen LogP contribution in [0.1, 0.15) is 0 Å². The second-order valence-electron chi connectivity index (χ2n) is 0.665. The van der Waals surface area contributed by atoms with Crippen molar-refractivity contribution in [2.45, 2.75) is 0 Å². The van der Waals surface area contributed by atoms with Gasteiger partial charge in [0.05, 0.1) is 0 Å². The summed E-state index contributed by atoms with van der Waals surface area (Å²) in [7, 11) is 0. The first-order valence-electron chi connectivity index (χ1n) is 1.15. The maximum atomic E-state index is 9.72. The van der Waals surface area contributed by atoms with Crippen LogP contribution in [0.25, 0.3) is 0 Å². The molecule has 0 aromatic heterocycles. The van der Waals surface area contributed by atoms with Gasteiger partial charge in [-0.2, -0.15) is 0 Å². The molecule has 1 fully saturated rings. The third kappa shape index (κ3) is 0.776. The van der Waals surface area contributed by atoms with Crippen molar-refractivity contribution in [1.82, 2.24) is 12.3 Å². The van der Waals surface area contributed by atoms with Crippen LogP contribution in [-0.4, -0.2) is 6.77 Å². The van der Waals surface area contributed by atoms with Gasteiger partial charge in [-0.15, -0.1) is 0 Å². The van der Waals surface area contributed by atoms with E-state index in [9.17, 15) is 10.4 Å². The van der Waals surface area contributed by atoms with Gasteiger partial charge in [0.15, 0.2) is 0 Å². The summed E-state index contributed by atoms with van der Waals surface area (Å²) in [6.45, 7) is 0. The number of hydrogen-bond donors (Lipinski definition) is 1. The number of halogens is 1. The van der Waals surface area contributed by atoms with Gasteiger partial charge in [-0.1, -0.05) is 0 Å². The van der Waals surface area contributed by atoms with E-state index in [4.69, 9.17) is 0 Å². The SMILES string of the molecule is [O-]N1NN([O-])[I-]1. The average molecular weight is 202 g/mol. The van der Waals surface area contributed by atoms with E-state index in [1.54, 1.807) is 0 Å². The van der Waals surface area contributed by atoms with Crippen LogP contribution in [-0.2, 0) is 0 Å². The summed E-state index contributed by atoms with van der Waals surface area (Å²) in [5, 5.41) is 19.4. The Morgan fingerprint density at radius 2 is 1.67 bits per heavy atom. The van der Waals surface area contributed by atoms with Crippen molar-refractivity contribution in [3.8, 4) is 0 Å². The van der Waals surface area contributed by atoms with E-state index in [2.05, 4.69) is 0 Å². The number of rotatable bonds is 0. The number of nitrogens with one attached hydrogen (secondary N) is 1. The van der Waals surface area contributed by atoms with E-state index >= 15 is 0 Å². The molecule has 0 atom stereocenters. The fourth-order valence-corrected chi connectivity index (χ4v) is 0.769. The summed E-state index contributed by atoms with van der Waals surface area (Å²) in [5.41, 5.74) is 1.91. The van der Waals surface area contributed by atoms with Crippen LogP contribution in [0.5, 0.6) is 0 Å². The normalized spacial score (nSPS) is 28.3. The van der Waals surface area contributed by atoms with Crippen molar-refractivity contribution in [1.29, 1.82) is 0 Å². The molecule has 1 saturated heterocycles. The van der Waals surface area contributed by atoms with E-state index in [0.29, 0.717) is 6.77 Å². The predicted molar refractivity (Wildman–Crippen MR) is 13.5 cm³/mol. The molecule has 0 bridgehead atoms. The Balaban J connectivity index is 2.11. The first kappa shape index (κ1) is 4.68. The Hall–Kier alpha value is 0.530. The first-order chi connectivity index (χ1) is 2.79. The fourth-order valence-electron chi connectivity index (χ4n) is 0.129. The summed E-state index contributed by atoms with van der Waals surface area (Å²) < 4.78 is 1.09. The molecule has 5 nitrogen and oxygen atoms in total. The molecule has 0 aromatic carbocycles. The Morgan fingerprint density at radius 3 is 1.67 bits per heavy atom. The van der Waals surface area contributed by atoms with Gasteiger partial charge in [0.1, 0.15) is 0 Å². The topological polar surface area (TPSA) is 64.6 Å². The Kier molecular flexibility index (Phi) is 1.22. The second kappa shape index (κ2) is 1.56. The molecule has 1 aliphatic heterocycles. The van der Waals surface area contributed by atoms with Crippen molar-refractivity contribution in [3.05, 3.63) is 10.4 Å². The zero-order chi connectivity index (χ0) is 4.57. The molecule has 38 valence electrons. The Labute approximate surface area is 45.0 Å². The van der Waals surface area contributed by atoms with Crippen LogP contribution < -0.4 is 27.3 Å². The molecule has 6 heavy (non-hydrogen) atoms. The summed E-state index contributed by atoms with van der Waals surface area (Å²) in [5.74, 6) is 0. The average Bonchev–Trinajstić information content (AvgIpc) is 1.33. The van der Waals surface area contributed by atoms with Crippen LogP contribution in [0.15, 0.2) is 0 Å². The van der Waals surface area contributed by atoms with Crippen LogP contribution in [0.3, 0.4) is 0 Å². The molecule has 1 aliphatic rings. The fraction of sp³-hybridized carbons (Fsp3) is 0. The standard InChI is InChI=1S/HIN3O2/c5-3-1-4(6)2-3/h2H/q-3. The van der Waals surface area contributed by atoms with E-state index in [1.807, 2.05) is 5.53 Å². The van der Waals surface area contributed by atoms with Gasteiger partial charge in [0.25, 0.3) is 0 Å². The molecule has 0 amide bonds. The van der Waals surface area contributed by atoms with E-state index in [1.165, 1.54) is 0 Å². The number of hydrazine groups is 2. The van der Waals surface area contributed by atoms with Crippen LogP contribution in [0.4, 0.5) is 0 Å². The molecular weight excluding hydrogens is 201 g/mol. The molecule has 1 heterocycles. The minimum atomic E-state index is -0.890. The van der Waals surface area contributed by atoms with Crippen LogP contribution >= 0.6 is 0 Å². The molecule has 0 aliphatic carbocycles. The van der Waals surface area contributed by atoms with Gasteiger partial charge in [-0.05, 0) is 0 Å². The maximum absolute atomic E-state index is 9.72. The van der Waals surface area contributed by atoms with Crippen molar-refractivity contribution < 1.29 is 21.8 Å². The molecule has 0 unspecified atom stereocenters. The van der Waals surface area contributed by atoms with E-state index in [-0.39, 0.29) is 0 Å². The van der Waals surface area contributed by atoms with Crippen molar-refractivity contribution >= 4 is 0 Å². The summed E-state index contributed by atoms with van der Waals surface area (Å²) in [6.07, 6.45) is 0. The molecule has 1 N–H and O–H groups in total. The van der Waals surface area contributed by atoms with E-state index in [0.717, 1.165) is 0 Å². The third-order valence-electron chi connectivity index (χ3n) is 0.295. The van der Waals surface area contributed by atoms with Gasteiger partial charge in [0.2, 0.25) is 0 Å². The van der Waals surface area contributed by atoms with E-state index < -0.39 is 21.8 Å². The quantitative estimate of drug-likeness (QED) is 0.320. The van der Waals surface area contributed by atoms with Crippen molar-refractivity contribution in [2.75, 3.05) is 0 Å². The summed E-state index contributed by atoms with van der Waals surface area (Å²) in [6, 6.07) is 0. The molecule has 0 saturated carbocycles. The minimum absolute atomic E-state index is 0.547.